The van der Waals surface area contributed by atoms with Crippen LogP contribution < -0.4 is 4.31 Å². The van der Waals surface area contributed by atoms with Crippen LogP contribution in [0.1, 0.15) is 23.4 Å². The largest absolute Gasteiger partial charge is 0.265 e. The number of rotatable bonds is 3. The Kier molecular flexibility index (Phi) is 3.62. The summed E-state index contributed by atoms with van der Waals surface area (Å²) < 4.78 is 43.4. The highest BCUT2D eigenvalue weighted by Crippen LogP contribution is 2.43. The summed E-state index contributed by atoms with van der Waals surface area (Å²) in [6.45, 7) is 0.187. The Morgan fingerprint density at radius 2 is 1.73 bits per heavy atom. The van der Waals surface area contributed by atoms with Gasteiger partial charge in [0, 0.05) is 11.1 Å². The lowest BCUT2D eigenvalue weighted by Crippen LogP contribution is -2.27. The van der Waals surface area contributed by atoms with Crippen molar-refractivity contribution in [2.75, 3.05) is 4.31 Å². The Labute approximate surface area is 173 Å². The molecular formula is C23H18FN3O2S. The highest BCUT2D eigenvalue weighted by atomic mass is 32.2. The average molecular weight is 419 g/mol. The number of anilines is 1. The van der Waals surface area contributed by atoms with E-state index in [0.29, 0.717) is 10.6 Å². The van der Waals surface area contributed by atoms with E-state index in [1.54, 1.807) is 24.3 Å². The van der Waals surface area contributed by atoms with Gasteiger partial charge >= 0.3 is 0 Å². The van der Waals surface area contributed by atoms with Crippen molar-refractivity contribution in [3.63, 3.8) is 0 Å². The van der Waals surface area contributed by atoms with Crippen LogP contribution in [0.5, 0.6) is 0 Å². The molecule has 0 unspecified atom stereocenters. The molecule has 0 saturated carbocycles. The summed E-state index contributed by atoms with van der Waals surface area (Å²) in [5.74, 6) is -0.295. The molecule has 150 valence electrons. The molecule has 4 aromatic rings. The zero-order chi connectivity index (χ0) is 20.5. The van der Waals surface area contributed by atoms with Crippen LogP contribution in [0.15, 0.2) is 65.6 Å². The van der Waals surface area contributed by atoms with Gasteiger partial charge in [-0.3, -0.25) is 4.31 Å². The lowest BCUT2D eigenvalue weighted by Gasteiger charge is -2.18. The summed E-state index contributed by atoms with van der Waals surface area (Å²) in [6, 6.07) is 17.3. The van der Waals surface area contributed by atoms with Crippen molar-refractivity contribution >= 4 is 26.5 Å². The van der Waals surface area contributed by atoms with Crippen LogP contribution in [0.3, 0.4) is 0 Å². The molecule has 0 atom stereocenters. The Hall–Kier alpha value is -3.19. The summed E-state index contributed by atoms with van der Waals surface area (Å²) in [7, 11) is -3.64. The smallest absolute Gasteiger partial charge is 0.260 e. The molecule has 0 N–H and O–H groups in total. The summed E-state index contributed by atoms with van der Waals surface area (Å²) in [5.41, 5.74) is 4.45. The van der Waals surface area contributed by atoms with Crippen LogP contribution >= 0.6 is 0 Å². The number of halogens is 1. The van der Waals surface area contributed by atoms with Gasteiger partial charge in [0.1, 0.15) is 5.82 Å². The predicted molar refractivity (Wildman–Crippen MR) is 113 cm³/mol. The van der Waals surface area contributed by atoms with Gasteiger partial charge in [-0.2, -0.15) is 5.10 Å². The fourth-order valence-electron chi connectivity index (χ4n) is 4.70. The molecule has 3 aromatic carbocycles. The van der Waals surface area contributed by atoms with Crippen LogP contribution in [0.4, 0.5) is 10.1 Å². The van der Waals surface area contributed by atoms with E-state index in [2.05, 4.69) is 0 Å². The second kappa shape index (κ2) is 6.15. The molecule has 1 aromatic heterocycles. The molecule has 0 amide bonds. The van der Waals surface area contributed by atoms with Crippen LogP contribution in [0, 0.1) is 5.82 Å². The summed E-state index contributed by atoms with van der Waals surface area (Å²) in [6.07, 6.45) is 2.75. The van der Waals surface area contributed by atoms with Crippen molar-refractivity contribution in [2.24, 2.45) is 0 Å². The Morgan fingerprint density at radius 3 is 2.53 bits per heavy atom. The van der Waals surface area contributed by atoms with Gasteiger partial charge in [-0.05, 0) is 66.6 Å². The number of hydrogen-bond donors (Lipinski definition) is 0. The summed E-state index contributed by atoms with van der Waals surface area (Å²) in [5, 5.41) is 6.46. The van der Waals surface area contributed by atoms with E-state index >= 15 is 0 Å². The van der Waals surface area contributed by atoms with E-state index in [-0.39, 0.29) is 12.4 Å². The molecule has 2 heterocycles. The minimum Gasteiger partial charge on any atom is -0.260 e. The van der Waals surface area contributed by atoms with Gasteiger partial charge in [0.2, 0.25) is 0 Å². The van der Waals surface area contributed by atoms with E-state index in [0.717, 1.165) is 52.7 Å². The molecule has 0 fully saturated rings. The molecule has 30 heavy (non-hydrogen) atoms. The maximum atomic E-state index is 13.4. The van der Waals surface area contributed by atoms with Crippen molar-refractivity contribution < 1.29 is 12.8 Å². The van der Waals surface area contributed by atoms with Crippen molar-refractivity contribution in [2.45, 2.75) is 30.7 Å². The lowest BCUT2D eigenvalue weighted by atomic mass is 10.1. The highest BCUT2D eigenvalue weighted by molar-refractivity contribution is 7.93. The van der Waals surface area contributed by atoms with E-state index in [9.17, 15) is 12.8 Å². The monoisotopic (exact) mass is 419 g/mol. The van der Waals surface area contributed by atoms with Gasteiger partial charge in [0.15, 0.2) is 0 Å². The number of aromatic nitrogens is 2. The van der Waals surface area contributed by atoms with Crippen LogP contribution in [-0.4, -0.2) is 18.2 Å². The van der Waals surface area contributed by atoms with E-state index in [1.165, 1.54) is 16.4 Å². The van der Waals surface area contributed by atoms with Crippen LogP contribution in [0.2, 0.25) is 0 Å². The van der Waals surface area contributed by atoms with Gasteiger partial charge < -0.3 is 0 Å². The predicted octanol–water partition coefficient (Wildman–Crippen LogP) is 4.36. The number of sulfonamides is 1. The first kappa shape index (κ1) is 17.7. The van der Waals surface area contributed by atoms with Crippen molar-refractivity contribution in [1.82, 2.24) is 9.78 Å². The van der Waals surface area contributed by atoms with Gasteiger partial charge in [-0.15, -0.1) is 0 Å². The van der Waals surface area contributed by atoms with E-state index in [1.807, 2.05) is 28.9 Å². The second-order valence-electron chi connectivity index (χ2n) is 7.76. The van der Waals surface area contributed by atoms with Crippen molar-refractivity contribution in [3.8, 4) is 5.69 Å². The Morgan fingerprint density at radius 1 is 0.967 bits per heavy atom. The third-order valence-corrected chi connectivity index (χ3v) is 7.86. The number of benzene rings is 3. The average Bonchev–Trinajstić information content (AvgIpc) is 3.40. The third-order valence-electron chi connectivity index (χ3n) is 6.06. The molecule has 0 radical (unpaired) electrons. The summed E-state index contributed by atoms with van der Waals surface area (Å²) >= 11 is 0. The topological polar surface area (TPSA) is 55.2 Å². The minimum atomic E-state index is -3.64. The minimum absolute atomic E-state index is 0.187. The molecule has 2 aliphatic rings. The van der Waals surface area contributed by atoms with E-state index in [4.69, 9.17) is 5.10 Å². The Balaban J connectivity index is 1.47. The van der Waals surface area contributed by atoms with Gasteiger partial charge in [-0.25, -0.2) is 17.5 Å². The summed E-state index contributed by atoms with van der Waals surface area (Å²) in [4.78, 5) is 0.352. The standard InChI is InChI=1S/C23H18FN3O2S/c24-16-10-12-17(13-11-16)27-20-7-3-6-18(20)19(25-27)14-26-21-8-1-4-15-5-2-9-22(23(15)21)30(26,28)29/h1-2,4-5,8-13H,3,6-7,14H2. The molecule has 0 saturated heterocycles. The van der Waals surface area contributed by atoms with Gasteiger partial charge in [0.05, 0.1) is 28.5 Å². The lowest BCUT2D eigenvalue weighted by molar-refractivity contribution is 0.592. The molecule has 6 rings (SSSR count). The fraction of sp³-hybridized carbons (Fsp3) is 0.174. The second-order valence-corrected chi connectivity index (χ2v) is 9.59. The number of fused-ring (bicyclic) bond motifs is 1. The zero-order valence-electron chi connectivity index (χ0n) is 16.0. The van der Waals surface area contributed by atoms with E-state index < -0.39 is 10.0 Å². The van der Waals surface area contributed by atoms with Crippen molar-refractivity contribution in [3.05, 3.63) is 83.4 Å². The van der Waals surface area contributed by atoms with Crippen molar-refractivity contribution in [1.29, 1.82) is 0 Å². The van der Waals surface area contributed by atoms with Crippen LogP contribution in [-0.2, 0) is 29.4 Å². The fourth-order valence-corrected chi connectivity index (χ4v) is 6.37. The highest BCUT2D eigenvalue weighted by Gasteiger charge is 2.37. The molecular weight excluding hydrogens is 401 g/mol. The molecule has 7 heteroatoms. The molecule has 0 spiro atoms. The molecule has 1 aliphatic carbocycles. The first-order chi connectivity index (χ1) is 14.5. The van der Waals surface area contributed by atoms with Gasteiger partial charge in [-0.1, -0.05) is 24.3 Å². The quantitative estimate of drug-likeness (QED) is 0.496. The maximum Gasteiger partial charge on any atom is 0.265 e. The number of nitrogens with zero attached hydrogens (tertiary/aromatic N) is 3. The third kappa shape index (κ3) is 2.38. The van der Waals surface area contributed by atoms with Crippen LogP contribution in [0.25, 0.3) is 16.5 Å². The first-order valence-electron chi connectivity index (χ1n) is 9.94. The SMILES string of the molecule is O=S1(=O)c2cccc3cccc(c23)N1Cc1nn(-c2ccc(F)cc2)c2c1CCC2. The molecule has 0 bridgehead atoms. The number of hydrogen-bond acceptors (Lipinski definition) is 3. The molecule has 1 aliphatic heterocycles. The zero-order valence-corrected chi connectivity index (χ0v) is 16.9. The first-order valence-corrected chi connectivity index (χ1v) is 11.4. The van der Waals surface area contributed by atoms with Gasteiger partial charge in [0.25, 0.3) is 10.0 Å². The molecule has 5 nitrogen and oxygen atoms in total. The maximum absolute atomic E-state index is 13.4. The Bertz CT molecular complexity index is 1420. The normalized spacial score (nSPS) is 16.4.